The van der Waals surface area contributed by atoms with E-state index in [9.17, 15) is 4.79 Å². The van der Waals surface area contributed by atoms with Crippen LogP contribution in [0.25, 0.3) is 0 Å². The summed E-state index contributed by atoms with van der Waals surface area (Å²) in [6, 6.07) is 12.2. The highest BCUT2D eigenvalue weighted by atomic mass is 16.5. The van der Waals surface area contributed by atoms with Crippen molar-refractivity contribution in [3.05, 3.63) is 47.8 Å². The van der Waals surface area contributed by atoms with Crippen LogP contribution in [0, 0.1) is 5.92 Å². The highest BCUT2D eigenvalue weighted by molar-refractivity contribution is 5.84. The van der Waals surface area contributed by atoms with Gasteiger partial charge in [0.25, 0.3) is 0 Å². The number of ether oxygens (including phenoxy) is 1. The van der Waals surface area contributed by atoms with Crippen molar-refractivity contribution in [2.24, 2.45) is 13.0 Å². The Labute approximate surface area is 185 Å². The molecule has 31 heavy (non-hydrogen) atoms. The molecule has 3 aliphatic heterocycles. The van der Waals surface area contributed by atoms with E-state index in [1.165, 1.54) is 49.9 Å². The molecule has 1 amide bonds. The number of hydrogen-bond acceptors (Lipinski definition) is 4. The number of aromatic nitrogens is 2. The average Bonchev–Trinajstić information content (AvgIpc) is 3.21. The van der Waals surface area contributed by atoms with Crippen molar-refractivity contribution in [2.45, 2.75) is 62.8 Å². The predicted octanol–water partition coefficient (Wildman–Crippen LogP) is 4.89. The Morgan fingerprint density at radius 3 is 2.71 bits per heavy atom. The zero-order valence-corrected chi connectivity index (χ0v) is 18.5. The number of fused-ring (bicyclic) bond motifs is 3. The van der Waals surface area contributed by atoms with Gasteiger partial charge in [-0.25, -0.2) is 4.79 Å². The van der Waals surface area contributed by atoms with Crippen molar-refractivity contribution in [1.82, 2.24) is 14.7 Å². The van der Waals surface area contributed by atoms with Crippen molar-refractivity contribution in [3.63, 3.8) is 0 Å². The Bertz CT molecular complexity index is 890. The average molecular weight is 423 g/mol. The molecule has 0 radical (unpaired) electrons. The Kier molecular flexibility index (Phi) is 5.99. The van der Waals surface area contributed by atoms with E-state index in [-0.39, 0.29) is 6.09 Å². The first-order valence-corrected chi connectivity index (χ1v) is 11.9. The van der Waals surface area contributed by atoms with Gasteiger partial charge in [0.05, 0.1) is 5.69 Å². The van der Waals surface area contributed by atoms with Gasteiger partial charge in [0.15, 0.2) is 0 Å². The zero-order chi connectivity index (χ0) is 21.2. The number of carbonyl (C=O) groups is 1. The minimum Gasteiger partial charge on any atom is -0.448 e. The molecule has 1 aromatic carbocycles. The van der Waals surface area contributed by atoms with Crippen molar-refractivity contribution in [2.75, 3.05) is 25.0 Å². The minimum atomic E-state index is -0.367. The number of benzene rings is 1. The van der Waals surface area contributed by atoms with Crippen LogP contribution in [0.1, 0.15) is 68.2 Å². The number of rotatable bonds is 5. The van der Waals surface area contributed by atoms with E-state index in [4.69, 9.17) is 9.84 Å². The molecule has 4 heterocycles. The van der Waals surface area contributed by atoms with Gasteiger partial charge in [0, 0.05) is 42.9 Å². The van der Waals surface area contributed by atoms with Crippen LogP contribution >= 0.6 is 0 Å². The van der Waals surface area contributed by atoms with Crippen LogP contribution in [-0.4, -0.2) is 46.5 Å². The van der Waals surface area contributed by atoms with Gasteiger partial charge in [0.2, 0.25) is 0 Å². The third-order valence-electron chi connectivity index (χ3n) is 7.64. The number of anilines is 1. The third-order valence-corrected chi connectivity index (χ3v) is 7.64. The van der Waals surface area contributed by atoms with Gasteiger partial charge in [0.1, 0.15) is 6.61 Å². The number of carbonyl (C=O) groups excluding carboxylic acids is 1. The van der Waals surface area contributed by atoms with Crippen LogP contribution in [-0.2, 0) is 11.8 Å². The number of para-hydroxylation sites is 1. The number of nitrogens with one attached hydrogen (secondary N) is 1. The Hall–Kier alpha value is -2.34. The molecule has 0 spiro atoms. The normalized spacial score (nSPS) is 28.4. The maximum absolute atomic E-state index is 12.2. The zero-order valence-electron chi connectivity index (χ0n) is 18.5. The number of piperidine rings is 3. The van der Waals surface area contributed by atoms with Gasteiger partial charge in [-0.1, -0.05) is 37.5 Å². The van der Waals surface area contributed by atoms with E-state index < -0.39 is 0 Å². The van der Waals surface area contributed by atoms with Gasteiger partial charge in [-0.2, -0.15) is 5.10 Å². The third kappa shape index (κ3) is 4.49. The molecule has 1 N–H and O–H groups in total. The summed E-state index contributed by atoms with van der Waals surface area (Å²) in [7, 11) is 2.12. The first-order chi connectivity index (χ1) is 15.2. The number of amides is 1. The Balaban J connectivity index is 1.18. The standard InChI is InChI=1S/C25H34N4O2/c1-28-24(15-23(27-28)18-8-4-2-5-9-18)22-16-29-13-12-19(22)14-21(29)17-31-25(30)26-20-10-6-3-7-11-20/h3,6-7,10-11,15,18-19,21-22H,2,4-5,8-9,12-14,16-17H2,1H3,(H,26,30)/t19-,21+,22-/m0/s1. The summed E-state index contributed by atoms with van der Waals surface area (Å²) < 4.78 is 7.72. The molecule has 6 nitrogen and oxygen atoms in total. The fraction of sp³-hybridized carbons (Fsp3) is 0.600. The number of aryl methyl sites for hydroxylation is 1. The van der Waals surface area contributed by atoms with Gasteiger partial charge in [-0.05, 0) is 56.3 Å². The summed E-state index contributed by atoms with van der Waals surface area (Å²) in [6.07, 6.45) is 8.60. The van der Waals surface area contributed by atoms with Crippen LogP contribution in [0.2, 0.25) is 0 Å². The van der Waals surface area contributed by atoms with Crippen molar-refractivity contribution in [3.8, 4) is 0 Å². The molecule has 6 heteroatoms. The van der Waals surface area contributed by atoms with Crippen molar-refractivity contribution in [1.29, 1.82) is 0 Å². The Morgan fingerprint density at radius 1 is 1.16 bits per heavy atom. The highest BCUT2D eigenvalue weighted by Gasteiger charge is 2.42. The molecular formula is C25H34N4O2. The molecule has 2 bridgehead atoms. The molecule has 1 aliphatic carbocycles. The largest absolute Gasteiger partial charge is 0.448 e. The maximum atomic E-state index is 12.2. The lowest BCUT2D eigenvalue weighted by atomic mass is 9.74. The van der Waals surface area contributed by atoms with E-state index in [2.05, 4.69) is 28.0 Å². The quantitative estimate of drug-likeness (QED) is 0.745. The molecule has 1 saturated carbocycles. The minimum absolute atomic E-state index is 0.322. The fourth-order valence-electron chi connectivity index (χ4n) is 5.94. The monoisotopic (exact) mass is 422 g/mol. The summed E-state index contributed by atoms with van der Waals surface area (Å²) >= 11 is 0. The molecule has 166 valence electrons. The SMILES string of the molecule is Cn1nc(C2CCCCC2)cc1[C@H]1CN2CC[C@H]1C[C@@H]2COC(=O)Nc1ccccc1. The lowest BCUT2D eigenvalue weighted by molar-refractivity contribution is -0.00222. The summed E-state index contributed by atoms with van der Waals surface area (Å²) in [4.78, 5) is 14.7. The van der Waals surface area contributed by atoms with Gasteiger partial charge in [-0.15, -0.1) is 0 Å². The molecule has 4 fully saturated rings. The van der Waals surface area contributed by atoms with E-state index in [1.807, 2.05) is 30.3 Å². The molecule has 6 rings (SSSR count). The summed E-state index contributed by atoms with van der Waals surface area (Å²) in [5.41, 5.74) is 3.48. The summed E-state index contributed by atoms with van der Waals surface area (Å²) in [5, 5.41) is 7.74. The molecular weight excluding hydrogens is 388 g/mol. The predicted molar refractivity (Wildman–Crippen MR) is 121 cm³/mol. The molecule has 4 atom stereocenters. The smallest absolute Gasteiger partial charge is 0.411 e. The highest BCUT2D eigenvalue weighted by Crippen LogP contribution is 2.43. The van der Waals surface area contributed by atoms with Gasteiger partial charge in [-0.3, -0.25) is 14.9 Å². The van der Waals surface area contributed by atoms with Gasteiger partial charge >= 0.3 is 6.09 Å². The van der Waals surface area contributed by atoms with Crippen LogP contribution in [0.3, 0.4) is 0 Å². The second-order valence-electron chi connectivity index (χ2n) is 9.58. The lowest BCUT2D eigenvalue weighted by Gasteiger charge is -2.49. The lowest BCUT2D eigenvalue weighted by Crippen LogP contribution is -2.54. The summed E-state index contributed by atoms with van der Waals surface area (Å²) in [6.45, 7) is 2.60. The topological polar surface area (TPSA) is 59.4 Å². The van der Waals surface area contributed by atoms with Crippen molar-refractivity contribution < 1.29 is 9.53 Å². The van der Waals surface area contributed by atoms with E-state index in [0.717, 1.165) is 25.2 Å². The molecule has 1 aromatic heterocycles. The Morgan fingerprint density at radius 2 is 1.97 bits per heavy atom. The summed E-state index contributed by atoms with van der Waals surface area (Å²) in [5.74, 6) is 1.84. The second kappa shape index (κ2) is 9.03. The van der Waals surface area contributed by atoms with Crippen LogP contribution in [0.5, 0.6) is 0 Å². The number of nitrogens with zero attached hydrogens (tertiary/aromatic N) is 3. The van der Waals surface area contributed by atoms with Crippen LogP contribution in [0.4, 0.5) is 10.5 Å². The van der Waals surface area contributed by atoms with E-state index >= 15 is 0 Å². The van der Waals surface area contributed by atoms with E-state index in [0.29, 0.717) is 30.4 Å². The van der Waals surface area contributed by atoms with E-state index in [1.54, 1.807) is 0 Å². The fourth-order valence-corrected chi connectivity index (χ4v) is 5.94. The molecule has 2 aromatic rings. The van der Waals surface area contributed by atoms with Crippen LogP contribution in [0.15, 0.2) is 36.4 Å². The number of hydrogen-bond donors (Lipinski definition) is 1. The first kappa shape index (κ1) is 20.6. The molecule has 4 aliphatic rings. The molecule has 3 saturated heterocycles. The second-order valence-corrected chi connectivity index (χ2v) is 9.58. The molecule has 1 unspecified atom stereocenters. The maximum Gasteiger partial charge on any atom is 0.411 e. The van der Waals surface area contributed by atoms with Gasteiger partial charge < -0.3 is 4.74 Å². The first-order valence-electron chi connectivity index (χ1n) is 11.9. The van der Waals surface area contributed by atoms with Crippen LogP contribution < -0.4 is 5.32 Å². The van der Waals surface area contributed by atoms with Crippen molar-refractivity contribution >= 4 is 11.8 Å².